The Kier molecular flexibility index (Phi) is 11.8. The lowest BCUT2D eigenvalue weighted by Gasteiger charge is -2.19. The molecule has 2 heterocycles. The van der Waals surface area contributed by atoms with E-state index in [1.54, 1.807) is 26.8 Å². The van der Waals surface area contributed by atoms with Crippen LogP contribution in [-0.4, -0.2) is 54.2 Å². The van der Waals surface area contributed by atoms with Gasteiger partial charge >= 0.3 is 6.09 Å². The third kappa shape index (κ3) is 9.22. The first kappa shape index (κ1) is 32.4. The van der Waals surface area contributed by atoms with E-state index in [4.69, 9.17) is 19.9 Å². The normalized spacial score (nSPS) is 11.0. The number of thiophene rings is 1. The van der Waals surface area contributed by atoms with Gasteiger partial charge in [0, 0.05) is 29.1 Å². The van der Waals surface area contributed by atoms with Crippen molar-refractivity contribution in [2.75, 3.05) is 26.4 Å². The number of rotatable bonds is 11. The lowest BCUT2D eigenvalue weighted by atomic mass is 10.0. The lowest BCUT2D eigenvalue weighted by Crippen LogP contribution is -2.34. The molecular weight excluding hydrogens is 559 g/mol. The first-order valence-electron chi connectivity index (χ1n) is 13.7. The molecule has 0 unspecified atom stereocenters. The molecule has 0 radical (unpaired) electrons. The number of carbonyl (C=O) groups excluding carboxylic acids is 2. The van der Waals surface area contributed by atoms with E-state index in [0.29, 0.717) is 22.7 Å². The maximum absolute atomic E-state index is 14.2. The molecule has 4 rings (SSSR count). The zero-order valence-corrected chi connectivity index (χ0v) is 25.3. The third-order valence-electron chi connectivity index (χ3n) is 5.56. The number of nitrogens with two attached hydrogens (primary N) is 1. The van der Waals surface area contributed by atoms with Crippen LogP contribution in [0.15, 0.2) is 53.9 Å². The number of hydrogen-bond donors (Lipinski definition) is 2. The molecular formula is C31H37FN4O5S. The SMILES string of the molecule is CC.CC(C)(C)OC(=O)NCCOCCOc1cc(F)ccc1-c1nnc(-c2cccc(CC(N)=O)c2)c2ccsc12. The summed E-state index contributed by atoms with van der Waals surface area (Å²) in [5.74, 6) is -0.541. The predicted octanol–water partition coefficient (Wildman–Crippen LogP) is 6.14. The van der Waals surface area contributed by atoms with E-state index in [-0.39, 0.29) is 32.8 Å². The molecule has 0 saturated heterocycles. The van der Waals surface area contributed by atoms with Crippen molar-refractivity contribution >= 4 is 33.4 Å². The van der Waals surface area contributed by atoms with E-state index < -0.39 is 23.4 Å². The summed E-state index contributed by atoms with van der Waals surface area (Å²) >= 11 is 1.49. The van der Waals surface area contributed by atoms with Crippen molar-refractivity contribution in [2.24, 2.45) is 5.73 Å². The van der Waals surface area contributed by atoms with Gasteiger partial charge in [-0.15, -0.1) is 21.5 Å². The third-order valence-corrected chi connectivity index (χ3v) is 6.48. The monoisotopic (exact) mass is 596 g/mol. The van der Waals surface area contributed by atoms with Crippen molar-refractivity contribution in [1.82, 2.24) is 15.5 Å². The molecule has 0 aliphatic heterocycles. The number of aromatic nitrogens is 2. The fourth-order valence-electron chi connectivity index (χ4n) is 3.96. The van der Waals surface area contributed by atoms with Crippen molar-refractivity contribution in [3.8, 4) is 28.3 Å². The van der Waals surface area contributed by atoms with Gasteiger partial charge in [-0.1, -0.05) is 32.0 Å². The summed E-state index contributed by atoms with van der Waals surface area (Å²) in [6.45, 7) is 10.3. The number of amides is 2. The van der Waals surface area contributed by atoms with Gasteiger partial charge in [0.2, 0.25) is 5.91 Å². The second-order valence-corrected chi connectivity index (χ2v) is 10.9. The van der Waals surface area contributed by atoms with Gasteiger partial charge in [-0.25, -0.2) is 9.18 Å². The molecule has 0 aliphatic carbocycles. The molecule has 11 heteroatoms. The first-order chi connectivity index (χ1) is 20.1. The van der Waals surface area contributed by atoms with E-state index in [1.165, 1.54) is 23.5 Å². The van der Waals surface area contributed by atoms with E-state index >= 15 is 0 Å². The summed E-state index contributed by atoms with van der Waals surface area (Å²) in [5.41, 5.74) is 8.23. The molecule has 0 saturated carbocycles. The molecule has 0 fully saturated rings. The average Bonchev–Trinajstić information content (AvgIpc) is 3.42. The summed E-state index contributed by atoms with van der Waals surface area (Å²) in [5, 5.41) is 14.4. The van der Waals surface area contributed by atoms with Crippen molar-refractivity contribution in [1.29, 1.82) is 0 Å². The summed E-state index contributed by atoms with van der Waals surface area (Å²) in [6.07, 6.45) is -0.381. The molecule has 0 spiro atoms. The summed E-state index contributed by atoms with van der Waals surface area (Å²) in [7, 11) is 0. The van der Waals surface area contributed by atoms with Crippen molar-refractivity contribution in [3.05, 3.63) is 65.3 Å². The van der Waals surface area contributed by atoms with E-state index in [0.717, 1.165) is 21.2 Å². The molecule has 9 nitrogen and oxygen atoms in total. The van der Waals surface area contributed by atoms with Crippen LogP contribution >= 0.6 is 11.3 Å². The molecule has 3 N–H and O–H groups in total. The van der Waals surface area contributed by atoms with Gasteiger partial charge in [0.05, 0.1) is 24.3 Å². The Labute approximate surface area is 249 Å². The van der Waals surface area contributed by atoms with Crippen LogP contribution in [0.5, 0.6) is 5.75 Å². The Morgan fingerprint density at radius 2 is 1.76 bits per heavy atom. The number of halogens is 1. The summed E-state index contributed by atoms with van der Waals surface area (Å²) in [4.78, 5) is 23.1. The Balaban J connectivity index is 0.00000237. The second kappa shape index (κ2) is 15.2. The molecule has 0 atom stereocenters. The highest BCUT2D eigenvalue weighted by Gasteiger charge is 2.18. The standard InChI is InChI=1S/C29H31FN4O5S.C2H6/c1-29(2,3)39-28(36)32-10-11-37-12-13-38-23-17-20(30)7-8-21(23)26-27-22(9-14-40-27)25(33-34-26)19-6-4-5-18(15-19)16-24(31)35;1-2/h4-9,14-15,17H,10-13,16H2,1-3H3,(H2,31,35)(H,32,36);1-2H3. The van der Waals surface area contributed by atoms with Crippen LogP contribution in [0.4, 0.5) is 9.18 Å². The quantitative estimate of drug-likeness (QED) is 0.199. The lowest BCUT2D eigenvalue weighted by molar-refractivity contribution is -0.117. The van der Waals surface area contributed by atoms with Gasteiger partial charge in [-0.05, 0) is 56.0 Å². The molecule has 4 aromatic rings. The number of primary amides is 1. The van der Waals surface area contributed by atoms with Crippen LogP contribution in [0.2, 0.25) is 0 Å². The van der Waals surface area contributed by atoms with Crippen molar-refractivity contribution < 1.29 is 28.2 Å². The fraction of sp³-hybridized carbons (Fsp3) is 0.355. The van der Waals surface area contributed by atoms with Gasteiger partial charge in [-0.2, -0.15) is 0 Å². The van der Waals surface area contributed by atoms with E-state index in [1.807, 2.05) is 49.6 Å². The topological polar surface area (TPSA) is 126 Å². The van der Waals surface area contributed by atoms with E-state index in [9.17, 15) is 14.0 Å². The largest absolute Gasteiger partial charge is 0.490 e. The van der Waals surface area contributed by atoms with Crippen LogP contribution in [0.25, 0.3) is 32.6 Å². The number of fused-ring (bicyclic) bond motifs is 1. The average molecular weight is 597 g/mol. The highest BCUT2D eigenvalue weighted by atomic mass is 32.1. The molecule has 2 amide bonds. The maximum Gasteiger partial charge on any atom is 0.407 e. The first-order valence-corrected chi connectivity index (χ1v) is 14.6. The number of nitrogens with zero attached hydrogens (tertiary/aromatic N) is 2. The Bertz CT molecular complexity index is 1500. The molecule has 0 aliphatic rings. The molecule has 2 aromatic heterocycles. The van der Waals surface area contributed by atoms with Crippen LogP contribution in [0.3, 0.4) is 0 Å². The minimum Gasteiger partial charge on any atom is -0.490 e. The number of alkyl carbamates (subject to hydrolysis) is 1. The van der Waals surface area contributed by atoms with Crippen LogP contribution in [0.1, 0.15) is 40.2 Å². The van der Waals surface area contributed by atoms with Crippen molar-refractivity contribution in [2.45, 2.75) is 46.6 Å². The van der Waals surface area contributed by atoms with Gasteiger partial charge in [0.1, 0.15) is 35.2 Å². The minimum atomic E-state index is -0.571. The Morgan fingerprint density at radius 3 is 2.50 bits per heavy atom. The zero-order chi connectivity index (χ0) is 30.7. The molecule has 224 valence electrons. The zero-order valence-electron chi connectivity index (χ0n) is 24.5. The highest BCUT2D eigenvalue weighted by molar-refractivity contribution is 7.17. The Hall–Kier alpha value is -4.09. The number of nitrogens with one attached hydrogen (secondary N) is 1. The second-order valence-electron chi connectivity index (χ2n) is 9.93. The van der Waals surface area contributed by atoms with Crippen LogP contribution in [0, 0.1) is 5.82 Å². The van der Waals surface area contributed by atoms with Crippen LogP contribution in [-0.2, 0) is 20.7 Å². The van der Waals surface area contributed by atoms with Gasteiger partial charge in [-0.3, -0.25) is 4.79 Å². The Morgan fingerprint density at radius 1 is 1.00 bits per heavy atom. The fourth-order valence-corrected chi connectivity index (χ4v) is 4.86. The van der Waals surface area contributed by atoms with Crippen molar-refractivity contribution in [3.63, 3.8) is 0 Å². The minimum absolute atomic E-state index is 0.131. The molecule has 0 bridgehead atoms. The van der Waals surface area contributed by atoms with Gasteiger partial charge in [0.25, 0.3) is 0 Å². The number of ether oxygens (including phenoxy) is 3. The number of hydrogen-bond acceptors (Lipinski definition) is 8. The highest BCUT2D eigenvalue weighted by Crippen LogP contribution is 2.39. The van der Waals surface area contributed by atoms with Gasteiger partial charge < -0.3 is 25.3 Å². The van der Waals surface area contributed by atoms with E-state index in [2.05, 4.69) is 15.5 Å². The summed E-state index contributed by atoms with van der Waals surface area (Å²) < 4.78 is 31.6. The predicted molar refractivity (Wildman–Crippen MR) is 163 cm³/mol. The smallest absolute Gasteiger partial charge is 0.407 e. The number of benzene rings is 2. The summed E-state index contributed by atoms with van der Waals surface area (Å²) in [6, 6.07) is 13.7. The van der Waals surface area contributed by atoms with Crippen LogP contribution < -0.4 is 15.8 Å². The van der Waals surface area contributed by atoms with Gasteiger partial charge in [0.15, 0.2) is 0 Å². The maximum atomic E-state index is 14.2. The molecule has 42 heavy (non-hydrogen) atoms. The molecule has 2 aromatic carbocycles. The number of carbonyl (C=O) groups is 2.